The molecule has 0 bridgehead atoms. The predicted molar refractivity (Wildman–Crippen MR) is 51.4 cm³/mol. The van der Waals surface area contributed by atoms with Crippen LogP contribution >= 0.6 is 0 Å². The smallest absolute Gasteiger partial charge is 0.0867 e. The molecule has 3 atom stereocenters. The van der Waals surface area contributed by atoms with Crippen molar-refractivity contribution in [3.63, 3.8) is 0 Å². The van der Waals surface area contributed by atoms with Crippen LogP contribution in [0.4, 0.5) is 0 Å². The topological polar surface area (TPSA) is 25.4 Å². The average molecular weight is 177 g/mol. The number of rotatable bonds is 3. The summed E-state index contributed by atoms with van der Waals surface area (Å²) >= 11 is 0. The predicted octanol–water partition coefficient (Wildman–Crippen LogP) is 2.05. The number of hydrogen-bond acceptors (Lipinski definition) is 2. The lowest BCUT2D eigenvalue weighted by Gasteiger charge is -2.07. The van der Waals surface area contributed by atoms with Gasteiger partial charge in [0.25, 0.3) is 0 Å². The average Bonchev–Trinajstić information content (AvgIpc) is 2.84. The van der Waals surface area contributed by atoms with Gasteiger partial charge in [0.05, 0.1) is 12.2 Å². The van der Waals surface area contributed by atoms with Gasteiger partial charge in [-0.3, -0.25) is 4.98 Å². The molecule has 1 saturated heterocycles. The Hall–Kier alpha value is -0.890. The molecule has 1 aliphatic rings. The van der Waals surface area contributed by atoms with Crippen molar-refractivity contribution in [1.82, 2.24) is 4.98 Å². The maximum absolute atomic E-state index is 5.44. The van der Waals surface area contributed by atoms with Crippen LogP contribution in [0, 0.1) is 5.92 Å². The molecule has 2 nitrogen and oxygen atoms in total. The van der Waals surface area contributed by atoms with E-state index < -0.39 is 0 Å². The monoisotopic (exact) mass is 177 g/mol. The Labute approximate surface area is 78.9 Å². The Kier molecular flexibility index (Phi) is 2.32. The minimum Gasteiger partial charge on any atom is -0.370 e. The van der Waals surface area contributed by atoms with Crippen molar-refractivity contribution in [2.45, 2.75) is 32.5 Å². The van der Waals surface area contributed by atoms with Crippen molar-refractivity contribution >= 4 is 0 Å². The second-order valence-corrected chi connectivity index (χ2v) is 3.84. The van der Waals surface area contributed by atoms with Crippen molar-refractivity contribution in [1.29, 1.82) is 0 Å². The van der Waals surface area contributed by atoms with Crippen molar-refractivity contribution in [2.75, 3.05) is 0 Å². The zero-order chi connectivity index (χ0) is 9.26. The van der Waals surface area contributed by atoms with Crippen molar-refractivity contribution in [2.24, 2.45) is 5.92 Å². The zero-order valence-corrected chi connectivity index (χ0v) is 8.10. The fraction of sp³-hybridized carbons (Fsp3) is 0.545. The number of hydrogen-bond donors (Lipinski definition) is 0. The molecule has 2 heterocycles. The minimum atomic E-state index is 0.469. The summed E-state index contributed by atoms with van der Waals surface area (Å²) in [6.07, 6.45) is 5.74. The molecular weight excluding hydrogens is 162 g/mol. The van der Waals surface area contributed by atoms with E-state index >= 15 is 0 Å². The molecule has 1 fully saturated rings. The van der Waals surface area contributed by atoms with Crippen LogP contribution in [-0.4, -0.2) is 17.2 Å². The highest BCUT2D eigenvalue weighted by atomic mass is 16.6. The number of ether oxygens (including phenoxy) is 1. The Morgan fingerprint density at radius 3 is 2.62 bits per heavy atom. The highest BCUT2D eigenvalue weighted by Crippen LogP contribution is 2.30. The Bertz CT molecular complexity index is 273. The summed E-state index contributed by atoms with van der Waals surface area (Å²) in [6, 6.07) is 4.15. The first-order valence-corrected chi connectivity index (χ1v) is 4.81. The van der Waals surface area contributed by atoms with Gasteiger partial charge in [-0.25, -0.2) is 0 Å². The van der Waals surface area contributed by atoms with Crippen molar-refractivity contribution in [3.05, 3.63) is 30.1 Å². The molecule has 1 aliphatic heterocycles. The fourth-order valence-electron chi connectivity index (χ4n) is 1.81. The van der Waals surface area contributed by atoms with E-state index in [1.165, 1.54) is 5.56 Å². The first kappa shape index (κ1) is 8.70. The lowest BCUT2D eigenvalue weighted by Crippen LogP contribution is -2.08. The molecule has 13 heavy (non-hydrogen) atoms. The van der Waals surface area contributed by atoms with E-state index in [2.05, 4.69) is 31.0 Å². The van der Waals surface area contributed by atoms with E-state index in [1.807, 2.05) is 12.4 Å². The highest BCUT2D eigenvalue weighted by Gasteiger charge is 2.38. The molecule has 0 amide bonds. The van der Waals surface area contributed by atoms with Gasteiger partial charge >= 0.3 is 0 Å². The SMILES string of the molecule is CC(Cc1ccncc1)C1OC1C. The van der Waals surface area contributed by atoms with E-state index in [4.69, 9.17) is 4.74 Å². The summed E-state index contributed by atoms with van der Waals surface area (Å²) in [5, 5.41) is 0. The molecular formula is C11H15NO. The summed E-state index contributed by atoms with van der Waals surface area (Å²) in [4.78, 5) is 4.00. The summed E-state index contributed by atoms with van der Waals surface area (Å²) in [5.41, 5.74) is 1.35. The van der Waals surface area contributed by atoms with Gasteiger partial charge < -0.3 is 4.74 Å². The molecule has 0 N–H and O–H groups in total. The molecule has 1 aromatic rings. The van der Waals surface area contributed by atoms with Gasteiger partial charge in [-0.1, -0.05) is 6.92 Å². The lowest BCUT2D eigenvalue weighted by atomic mass is 9.97. The van der Waals surface area contributed by atoms with Crippen molar-refractivity contribution in [3.8, 4) is 0 Å². The van der Waals surface area contributed by atoms with E-state index in [0.717, 1.165) is 6.42 Å². The Morgan fingerprint density at radius 2 is 2.08 bits per heavy atom. The third kappa shape index (κ3) is 2.07. The number of epoxide rings is 1. The molecule has 0 saturated carbocycles. The zero-order valence-electron chi connectivity index (χ0n) is 8.10. The summed E-state index contributed by atoms with van der Waals surface area (Å²) in [6.45, 7) is 4.38. The second kappa shape index (κ2) is 3.46. The maximum atomic E-state index is 5.44. The fourth-order valence-corrected chi connectivity index (χ4v) is 1.81. The molecule has 70 valence electrons. The maximum Gasteiger partial charge on any atom is 0.0867 e. The summed E-state index contributed by atoms with van der Waals surface area (Å²) in [5.74, 6) is 0.623. The first-order chi connectivity index (χ1) is 6.27. The minimum absolute atomic E-state index is 0.469. The van der Waals surface area contributed by atoms with Gasteiger partial charge in [-0.2, -0.15) is 0 Å². The van der Waals surface area contributed by atoms with Crippen LogP contribution in [0.2, 0.25) is 0 Å². The van der Waals surface area contributed by atoms with Gasteiger partial charge in [0.1, 0.15) is 0 Å². The number of aromatic nitrogens is 1. The normalized spacial score (nSPS) is 28.5. The second-order valence-electron chi connectivity index (χ2n) is 3.84. The lowest BCUT2D eigenvalue weighted by molar-refractivity contribution is 0.328. The van der Waals surface area contributed by atoms with Crippen LogP contribution in [-0.2, 0) is 11.2 Å². The Balaban J connectivity index is 1.91. The molecule has 0 spiro atoms. The molecule has 3 unspecified atom stereocenters. The van der Waals surface area contributed by atoms with Crippen LogP contribution in [0.3, 0.4) is 0 Å². The summed E-state index contributed by atoms with van der Waals surface area (Å²) < 4.78 is 5.44. The highest BCUT2D eigenvalue weighted by molar-refractivity contribution is 5.11. The van der Waals surface area contributed by atoms with E-state index in [9.17, 15) is 0 Å². The van der Waals surface area contributed by atoms with Crippen LogP contribution in [0.25, 0.3) is 0 Å². The number of nitrogens with zero attached hydrogens (tertiary/aromatic N) is 1. The van der Waals surface area contributed by atoms with Gasteiger partial charge in [-0.15, -0.1) is 0 Å². The van der Waals surface area contributed by atoms with Crippen LogP contribution in [0.1, 0.15) is 19.4 Å². The van der Waals surface area contributed by atoms with Crippen LogP contribution in [0.15, 0.2) is 24.5 Å². The third-order valence-corrected chi connectivity index (χ3v) is 2.63. The Morgan fingerprint density at radius 1 is 1.46 bits per heavy atom. The first-order valence-electron chi connectivity index (χ1n) is 4.81. The largest absolute Gasteiger partial charge is 0.370 e. The molecule has 0 aliphatic carbocycles. The van der Waals surface area contributed by atoms with E-state index in [-0.39, 0.29) is 0 Å². The van der Waals surface area contributed by atoms with Crippen molar-refractivity contribution < 1.29 is 4.74 Å². The molecule has 2 heteroatoms. The number of pyridine rings is 1. The van der Waals surface area contributed by atoms with Gasteiger partial charge in [0.15, 0.2) is 0 Å². The van der Waals surface area contributed by atoms with Gasteiger partial charge in [0.2, 0.25) is 0 Å². The summed E-state index contributed by atoms with van der Waals surface area (Å²) in [7, 11) is 0. The van der Waals surface area contributed by atoms with Gasteiger partial charge in [-0.05, 0) is 37.0 Å². The van der Waals surface area contributed by atoms with Crippen LogP contribution < -0.4 is 0 Å². The quantitative estimate of drug-likeness (QED) is 0.660. The molecule has 0 aromatic carbocycles. The standard InChI is InChI=1S/C11H15NO/c1-8(11-9(2)13-11)7-10-3-5-12-6-4-10/h3-6,8-9,11H,7H2,1-2H3. The molecule has 2 rings (SSSR count). The van der Waals surface area contributed by atoms with Crippen LogP contribution in [0.5, 0.6) is 0 Å². The van der Waals surface area contributed by atoms with E-state index in [0.29, 0.717) is 18.1 Å². The third-order valence-electron chi connectivity index (χ3n) is 2.63. The van der Waals surface area contributed by atoms with Gasteiger partial charge in [0, 0.05) is 12.4 Å². The van der Waals surface area contributed by atoms with E-state index in [1.54, 1.807) is 0 Å². The molecule has 0 radical (unpaired) electrons. The molecule has 1 aromatic heterocycles.